The molecule has 5 nitrogen and oxygen atoms in total. The molecule has 0 bridgehead atoms. The Morgan fingerprint density at radius 1 is 1.86 bits per heavy atom. The normalized spacial score (nSPS) is 17.0. The first kappa shape index (κ1) is 10.5. The highest BCUT2D eigenvalue weighted by Gasteiger charge is 2.24. The molecule has 3 N–H and O–H groups in total. The Morgan fingerprint density at radius 2 is 2.57 bits per heavy atom. The lowest BCUT2D eigenvalue weighted by molar-refractivity contribution is 0.142. The van der Waals surface area contributed by atoms with E-state index in [0.29, 0.717) is 0 Å². The lowest BCUT2D eigenvalue weighted by Gasteiger charge is -2.25. The van der Waals surface area contributed by atoms with Gasteiger partial charge in [-0.05, 0) is 19.3 Å². The maximum Gasteiger partial charge on any atom is 0.412 e. The Kier molecular flexibility index (Phi) is 3.48. The molecule has 0 aliphatic heterocycles. The molecule has 0 aromatic rings. The molecule has 5 heteroatoms. The molecule has 1 atom stereocenters. The zero-order valence-electron chi connectivity index (χ0n) is 7.81. The van der Waals surface area contributed by atoms with Crippen LogP contribution in [-0.2, 0) is 0 Å². The lowest BCUT2D eigenvalue weighted by Crippen LogP contribution is -2.43. The minimum atomic E-state index is -1.08. The molecule has 1 rings (SSSR count). The van der Waals surface area contributed by atoms with Gasteiger partial charge in [-0.25, -0.2) is 4.79 Å². The Hall–Kier alpha value is -1.54. The van der Waals surface area contributed by atoms with Gasteiger partial charge in [0.1, 0.15) is 6.17 Å². The summed E-state index contributed by atoms with van der Waals surface area (Å²) in [6.07, 6.45) is 2.62. The minimum absolute atomic E-state index is 0.0175. The van der Waals surface area contributed by atoms with Crippen LogP contribution in [0.3, 0.4) is 0 Å². The smallest absolute Gasteiger partial charge is 0.412 e. The van der Waals surface area contributed by atoms with Gasteiger partial charge in [-0.2, -0.15) is 5.26 Å². The fourth-order valence-corrected chi connectivity index (χ4v) is 1.54. The molecule has 1 aliphatic rings. The number of nitriles is 1. The number of hydrogen-bond donors (Lipinski definition) is 2. The molecule has 1 unspecified atom stereocenters. The third kappa shape index (κ3) is 2.24. The van der Waals surface area contributed by atoms with E-state index >= 15 is 0 Å². The van der Waals surface area contributed by atoms with E-state index in [4.69, 9.17) is 16.1 Å². The first-order valence-electron chi connectivity index (χ1n) is 4.50. The number of amides is 1. The molecule has 14 heavy (non-hydrogen) atoms. The van der Waals surface area contributed by atoms with Gasteiger partial charge in [0.15, 0.2) is 0 Å². The highest BCUT2D eigenvalue weighted by molar-refractivity contribution is 5.68. The van der Waals surface area contributed by atoms with Crippen LogP contribution in [0.2, 0.25) is 0 Å². The zero-order chi connectivity index (χ0) is 10.6. The van der Waals surface area contributed by atoms with Crippen molar-refractivity contribution in [2.24, 2.45) is 5.73 Å². The van der Waals surface area contributed by atoms with Crippen molar-refractivity contribution in [2.75, 3.05) is 0 Å². The third-order valence-electron chi connectivity index (χ3n) is 2.16. The molecule has 0 spiro atoms. The number of allylic oxidation sites excluding steroid dienone is 2. The maximum absolute atomic E-state index is 10.9. The summed E-state index contributed by atoms with van der Waals surface area (Å²) in [6, 6.07) is 1.87. The van der Waals surface area contributed by atoms with Crippen molar-refractivity contribution in [2.45, 2.75) is 31.8 Å². The molecule has 1 amide bonds. The van der Waals surface area contributed by atoms with Crippen LogP contribution in [0.5, 0.6) is 0 Å². The predicted molar refractivity (Wildman–Crippen MR) is 50.0 cm³/mol. The van der Waals surface area contributed by atoms with Crippen molar-refractivity contribution in [3.05, 3.63) is 11.8 Å². The summed E-state index contributed by atoms with van der Waals surface area (Å²) in [5.41, 5.74) is 6.31. The summed E-state index contributed by atoms with van der Waals surface area (Å²) >= 11 is 0. The second-order valence-electron chi connectivity index (χ2n) is 3.17. The van der Waals surface area contributed by atoms with Crippen molar-refractivity contribution < 1.29 is 9.90 Å². The average molecular weight is 195 g/mol. The second kappa shape index (κ2) is 4.63. The van der Waals surface area contributed by atoms with Gasteiger partial charge in [-0.1, -0.05) is 6.08 Å². The number of nitrogens with two attached hydrogens (primary N) is 1. The lowest BCUT2D eigenvalue weighted by atomic mass is 10.2. The van der Waals surface area contributed by atoms with Gasteiger partial charge in [0.05, 0.1) is 12.5 Å². The molecule has 0 aromatic heterocycles. The first-order chi connectivity index (χ1) is 6.66. The summed E-state index contributed by atoms with van der Waals surface area (Å²) < 4.78 is 0. The highest BCUT2D eigenvalue weighted by atomic mass is 16.4. The van der Waals surface area contributed by atoms with Crippen LogP contribution in [0.4, 0.5) is 4.79 Å². The van der Waals surface area contributed by atoms with Gasteiger partial charge in [0.25, 0.3) is 0 Å². The Labute approximate surface area is 82.4 Å². The topological polar surface area (TPSA) is 90.4 Å². The molecule has 0 fully saturated rings. The fraction of sp³-hybridized carbons (Fsp3) is 0.556. The highest BCUT2D eigenvalue weighted by Crippen LogP contribution is 2.23. The molecule has 0 saturated carbocycles. The van der Waals surface area contributed by atoms with Crippen LogP contribution in [0.15, 0.2) is 11.8 Å². The summed E-state index contributed by atoms with van der Waals surface area (Å²) in [4.78, 5) is 12.0. The second-order valence-corrected chi connectivity index (χ2v) is 3.17. The van der Waals surface area contributed by atoms with Gasteiger partial charge in [-0.15, -0.1) is 0 Å². The van der Waals surface area contributed by atoms with Crippen LogP contribution >= 0.6 is 0 Å². The van der Waals surface area contributed by atoms with E-state index in [9.17, 15) is 4.79 Å². The number of hydrogen-bond acceptors (Lipinski definition) is 3. The molecule has 76 valence electrons. The quantitative estimate of drug-likeness (QED) is 0.662. The molecule has 0 aromatic carbocycles. The van der Waals surface area contributed by atoms with Gasteiger partial charge in [0, 0.05) is 5.70 Å². The zero-order valence-corrected chi connectivity index (χ0v) is 7.81. The number of rotatable bonds is 3. The standard InChI is InChI=1S/C9H13N3O2/c10-6-5-8(11)12(9(13)14)7-3-1-2-4-7/h3,8H,1-2,4-5,11H2,(H,13,14). The van der Waals surface area contributed by atoms with E-state index in [2.05, 4.69) is 0 Å². The SMILES string of the molecule is N#CCC(N)N(C(=O)O)C1=CCCC1. The summed E-state index contributed by atoms with van der Waals surface area (Å²) in [6.45, 7) is 0. The fourth-order valence-electron chi connectivity index (χ4n) is 1.54. The molecule has 0 saturated heterocycles. The predicted octanol–water partition coefficient (Wildman–Crippen LogP) is 1.23. The minimum Gasteiger partial charge on any atom is -0.465 e. The van der Waals surface area contributed by atoms with Crippen molar-refractivity contribution in [3.8, 4) is 6.07 Å². The number of carbonyl (C=O) groups is 1. The molecular formula is C9H13N3O2. The molecule has 0 radical (unpaired) electrons. The van der Waals surface area contributed by atoms with Crippen LogP contribution in [0, 0.1) is 11.3 Å². The Balaban J connectivity index is 2.74. The van der Waals surface area contributed by atoms with E-state index < -0.39 is 12.3 Å². The van der Waals surface area contributed by atoms with E-state index in [-0.39, 0.29) is 6.42 Å². The summed E-state index contributed by atoms with van der Waals surface area (Å²) in [7, 11) is 0. The van der Waals surface area contributed by atoms with Gasteiger partial charge in [-0.3, -0.25) is 4.90 Å². The van der Waals surface area contributed by atoms with E-state index in [1.807, 2.05) is 12.1 Å². The molecule has 1 aliphatic carbocycles. The Bertz CT molecular complexity index is 293. The average Bonchev–Trinajstić information content (AvgIpc) is 2.57. The Morgan fingerprint density at radius 3 is 3.00 bits per heavy atom. The van der Waals surface area contributed by atoms with E-state index in [0.717, 1.165) is 29.9 Å². The molecular weight excluding hydrogens is 182 g/mol. The van der Waals surface area contributed by atoms with E-state index in [1.54, 1.807) is 0 Å². The van der Waals surface area contributed by atoms with Crippen LogP contribution in [0.1, 0.15) is 25.7 Å². The first-order valence-corrected chi connectivity index (χ1v) is 4.50. The van der Waals surface area contributed by atoms with Gasteiger partial charge < -0.3 is 10.8 Å². The van der Waals surface area contributed by atoms with Crippen LogP contribution in [-0.4, -0.2) is 22.3 Å². The maximum atomic E-state index is 10.9. The monoisotopic (exact) mass is 195 g/mol. The third-order valence-corrected chi connectivity index (χ3v) is 2.16. The van der Waals surface area contributed by atoms with Crippen molar-refractivity contribution in [1.82, 2.24) is 4.90 Å². The van der Waals surface area contributed by atoms with Crippen molar-refractivity contribution in [1.29, 1.82) is 5.26 Å². The van der Waals surface area contributed by atoms with Crippen LogP contribution < -0.4 is 5.73 Å². The van der Waals surface area contributed by atoms with E-state index in [1.165, 1.54) is 0 Å². The number of carboxylic acid groups (broad SMARTS) is 1. The summed E-state index contributed by atoms with van der Waals surface area (Å²) in [5.74, 6) is 0. The molecule has 0 heterocycles. The van der Waals surface area contributed by atoms with Crippen LogP contribution in [0.25, 0.3) is 0 Å². The largest absolute Gasteiger partial charge is 0.465 e. The number of nitrogens with zero attached hydrogens (tertiary/aromatic N) is 2. The van der Waals surface area contributed by atoms with Crippen molar-refractivity contribution >= 4 is 6.09 Å². The van der Waals surface area contributed by atoms with Gasteiger partial charge in [0.2, 0.25) is 0 Å². The van der Waals surface area contributed by atoms with Crippen molar-refractivity contribution in [3.63, 3.8) is 0 Å². The summed E-state index contributed by atoms with van der Waals surface area (Å²) in [5, 5.41) is 17.4. The van der Waals surface area contributed by atoms with Gasteiger partial charge >= 0.3 is 6.09 Å².